The molecule has 6 nitrogen and oxygen atoms in total. The summed E-state index contributed by atoms with van der Waals surface area (Å²) in [6, 6.07) is 1.14. The molecule has 0 fully saturated rings. The van der Waals surface area contributed by atoms with Crippen LogP contribution in [0.2, 0.25) is 0 Å². The van der Waals surface area contributed by atoms with Gasteiger partial charge in [-0.25, -0.2) is 4.79 Å². The first-order valence-corrected chi connectivity index (χ1v) is 5.13. The number of nitrogens with zero attached hydrogens (tertiary/aromatic N) is 2. The largest absolute Gasteiger partial charge is 0.477 e. The number of hydrogen-bond acceptors (Lipinski definition) is 3. The zero-order valence-corrected chi connectivity index (χ0v) is 9.71. The summed E-state index contributed by atoms with van der Waals surface area (Å²) in [6.07, 6.45) is 2.57. The summed E-state index contributed by atoms with van der Waals surface area (Å²) >= 11 is 0. The number of carboxylic acid groups (broad SMARTS) is 1. The summed E-state index contributed by atoms with van der Waals surface area (Å²) in [4.78, 5) is 35.0. The lowest BCUT2D eigenvalue weighted by molar-refractivity contribution is -0.130. The summed E-state index contributed by atoms with van der Waals surface area (Å²) in [5.74, 6) is -1.44. The van der Waals surface area contributed by atoms with Crippen molar-refractivity contribution in [3.8, 4) is 0 Å². The minimum atomic E-state index is -1.29. The lowest BCUT2D eigenvalue weighted by Gasteiger charge is -2.15. The molecule has 1 rings (SSSR count). The van der Waals surface area contributed by atoms with E-state index >= 15 is 0 Å². The molecule has 1 amide bonds. The molecule has 0 spiro atoms. The highest BCUT2D eigenvalue weighted by Crippen LogP contribution is 1.95. The van der Waals surface area contributed by atoms with E-state index in [0.29, 0.717) is 6.54 Å². The van der Waals surface area contributed by atoms with Crippen molar-refractivity contribution >= 4 is 11.9 Å². The number of carbonyl (C=O) groups is 2. The van der Waals surface area contributed by atoms with Gasteiger partial charge in [0.1, 0.15) is 12.1 Å². The topological polar surface area (TPSA) is 79.6 Å². The quantitative estimate of drug-likeness (QED) is 0.802. The lowest BCUT2D eigenvalue weighted by Crippen LogP contribution is -2.30. The fraction of sp³-hybridized carbons (Fsp3) is 0.364. The highest BCUT2D eigenvalue weighted by Gasteiger charge is 2.11. The molecular weight excluding hydrogens is 224 g/mol. The van der Waals surface area contributed by atoms with Crippen molar-refractivity contribution in [1.29, 1.82) is 0 Å². The first-order chi connectivity index (χ1) is 7.95. The highest BCUT2D eigenvalue weighted by molar-refractivity contribution is 5.87. The van der Waals surface area contributed by atoms with Crippen LogP contribution in [0.15, 0.2) is 23.3 Å². The van der Waals surface area contributed by atoms with E-state index in [4.69, 9.17) is 5.11 Å². The van der Waals surface area contributed by atoms with Crippen LogP contribution in [0, 0.1) is 0 Å². The predicted octanol–water partition coefficient (Wildman–Crippen LogP) is 0.0248. The normalized spacial score (nSPS) is 10.0. The Balaban J connectivity index is 2.94. The molecule has 6 heteroatoms. The molecule has 0 radical (unpaired) electrons. The van der Waals surface area contributed by atoms with Crippen LogP contribution < -0.4 is 5.43 Å². The second kappa shape index (κ2) is 5.29. The molecule has 0 atom stereocenters. The third-order valence-electron chi connectivity index (χ3n) is 2.43. The Morgan fingerprint density at radius 3 is 2.65 bits per heavy atom. The Morgan fingerprint density at radius 2 is 2.12 bits per heavy atom. The van der Waals surface area contributed by atoms with Crippen molar-refractivity contribution in [3.63, 3.8) is 0 Å². The number of amides is 1. The Bertz CT molecular complexity index is 492. The molecule has 0 saturated carbocycles. The van der Waals surface area contributed by atoms with Gasteiger partial charge in [-0.2, -0.15) is 0 Å². The van der Waals surface area contributed by atoms with Crippen LogP contribution in [0.1, 0.15) is 17.3 Å². The maximum Gasteiger partial charge on any atom is 0.341 e. The van der Waals surface area contributed by atoms with E-state index in [-0.39, 0.29) is 18.0 Å². The molecule has 92 valence electrons. The fourth-order valence-electron chi connectivity index (χ4n) is 1.24. The number of aromatic carboxylic acids is 1. The van der Waals surface area contributed by atoms with E-state index in [1.807, 2.05) is 6.92 Å². The maximum absolute atomic E-state index is 11.6. The molecule has 0 aliphatic heterocycles. The number of carboxylic acids is 1. The minimum absolute atomic E-state index is 0.0188. The molecule has 1 aromatic heterocycles. The van der Waals surface area contributed by atoms with Gasteiger partial charge in [0, 0.05) is 32.1 Å². The molecule has 0 bridgehead atoms. The van der Waals surface area contributed by atoms with Crippen molar-refractivity contribution < 1.29 is 14.7 Å². The average molecular weight is 238 g/mol. The van der Waals surface area contributed by atoms with Gasteiger partial charge in [-0.15, -0.1) is 0 Å². The number of carbonyl (C=O) groups excluding carboxylic acids is 1. The van der Waals surface area contributed by atoms with Crippen molar-refractivity contribution in [2.75, 3.05) is 13.6 Å². The van der Waals surface area contributed by atoms with Crippen LogP contribution in [0.3, 0.4) is 0 Å². The Hall–Kier alpha value is -2.11. The van der Waals surface area contributed by atoms with E-state index in [2.05, 4.69) is 0 Å². The third-order valence-corrected chi connectivity index (χ3v) is 2.43. The predicted molar refractivity (Wildman–Crippen MR) is 61.0 cm³/mol. The molecular formula is C11H14N2O4. The van der Waals surface area contributed by atoms with Gasteiger partial charge < -0.3 is 14.6 Å². The molecule has 1 aromatic rings. The standard InChI is InChI=1S/C11H14N2O4/c1-3-12(2)10(15)7-13-5-4-9(14)8(6-13)11(16)17/h4-6H,3,7H2,1-2H3,(H,16,17). The number of aromatic nitrogens is 1. The van der Waals surface area contributed by atoms with Gasteiger partial charge in [0.15, 0.2) is 5.43 Å². The number of hydrogen-bond donors (Lipinski definition) is 1. The van der Waals surface area contributed by atoms with E-state index in [0.717, 1.165) is 6.07 Å². The monoisotopic (exact) mass is 238 g/mol. The van der Waals surface area contributed by atoms with Gasteiger partial charge in [-0.1, -0.05) is 0 Å². The molecule has 0 unspecified atom stereocenters. The first-order valence-electron chi connectivity index (χ1n) is 5.13. The number of likely N-dealkylation sites (N-methyl/N-ethyl adjacent to an activating group) is 1. The van der Waals surface area contributed by atoms with Gasteiger partial charge in [-0.3, -0.25) is 9.59 Å². The van der Waals surface area contributed by atoms with Crippen LogP contribution in [0.4, 0.5) is 0 Å². The fourth-order valence-corrected chi connectivity index (χ4v) is 1.24. The average Bonchev–Trinajstić information content (AvgIpc) is 2.30. The third kappa shape index (κ3) is 3.17. The van der Waals surface area contributed by atoms with Crippen molar-refractivity contribution in [2.24, 2.45) is 0 Å². The zero-order valence-electron chi connectivity index (χ0n) is 9.71. The van der Waals surface area contributed by atoms with E-state index in [9.17, 15) is 14.4 Å². The Kier molecular flexibility index (Phi) is 4.03. The van der Waals surface area contributed by atoms with Crippen molar-refractivity contribution in [3.05, 3.63) is 34.2 Å². The Morgan fingerprint density at radius 1 is 1.47 bits per heavy atom. The van der Waals surface area contributed by atoms with Gasteiger partial charge in [0.05, 0.1) is 0 Å². The second-order valence-electron chi connectivity index (χ2n) is 3.61. The molecule has 1 N–H and O–H groups in total. The zero-order chi connectivity index (χ0) is 13.0. The van der Waals surface area contributed by atoms with Gasteiger partial charge in [-0.05, 0) is 6.92 Å². The first kappa shape index (κ1) is 13.0. The summed E-state index contributed by atoms with van der Waals surface area (Å²) < 4.78 is 1.39. The lowest BCUT2D eigenvalue weighted by atomic mass is 10.3. The van der Waals surface area contributed by atoms with Gasteiger partial charge >= 0.3 is 5.97 Å². The van der Waals surface area contributed by atoms with Crippen molar-refractivity contribution in [1.82, 2.24) is 9.47 Å². The molecule has 1 heterocycles. The molecule has 0 saturated heterocycles. The summed E-state index contributed by atoms with van der Waals surface area (Å²) in [5.41, 5.74) is -0.899. The van der Waals surface area contributed by atoms with Gasteiger partial charge in [0.2, 0.25) is 5.91 Å². The minimum Gasteiger partial charge on any atom is -0.477 e. The van der Waals surface area contributed by atoms with E-state index < -0.39 is 11.4 Å². The van der Waals surface area contributed by atoms with Crippen LogP contribution >= 0.6 is 0 Å². The van der Waals surface area contributed by atoms with Crippen LogP contribution in [0.25, 0.3) is 0 Å². The number of rotatable bonds is 4. The molecule has 0 aromatic carbocycles. The summed E-state index contributed by atoms with van der Waals surface area (Å²) in [6.45, 7) is 2.43. The summed E-state index contributed by atoms with van der Waals surface area (Å²) in [5, 5.41) is 8.77. The van der Waals surface area contributed by atoms with E-state index in [1.165, 1.54) is 21.9 Å². The van der Waals surface area contributed by atoms with Crippen LogP contribution in [-0.2, 0) is 11.3 Å². The van der Waals surface area contributed by atoms with Crippen LogP contribution in [0.5, 0.6) is 0 Å². The second-order valence-corrected chi connectivity index (χ2v) is 3.61. The molecule has 0 aliphatic rings. The summed E-state index contributed by atoms with van der Waals surface area (Å²) in [7, 11) is 1.66. The molecule has 0 aliphatic carbocycles. The number of pyridine rings is 1. The SMILES string of the molecule is CCN(C)C(=O)Cn1ccc(=O)c(C(=O)O)c1. The smallest absolute Gasteiger partial charge is 0.341 e. The van der Waals surface area contributed by atoms with Gasteiger partial charge in [0.25, 0.3) is 0 Å². The van der Waals surface area contributed by atoms with Crippen LogP contribution in [-0.4, -0.2) is 40.0 Å². The molecule has 17 heavy (non-hydrogen) atoms. The van der Waals surface area contributed by atoms with E-state index in [1.54, 1.807) is 7.05 Å². The Labute approximate surface area is 98.1 Å². The van der Waals surface area contributed by atoms with Crippen molar-refractivity contribution in [2.45, 2.75) is 13.5 Å². The highest BCUT2D eigenvalue weighted by atomic mass is 16.4. The maximum atomic E-state index is 11.6.